The average Bonchev–Trinajstić information content (AvgIpc) is 4.19. The summed E-state index contributed by atoms with van der Waals surface area (Å²) in [5.74, 6) is 0.781. The van der Waals surface area contributed by atoms with Crippen molar-refractivity contribution in [2.75, 3.05) is 0 Å². The first-order chi connectivity index (χ1) is 32.4. The van der Waals surface area contributed by atoms with Crippen LogP contribution in [0.25, 0.3) is 86.0 Å². The van der Waals surface area contributed by atoms with Crippen molar-refractivity contribution in [2.45, 2.75) is 13.8 Å². The van der Waals surface area contributed by atoms with Crippen molar-refractivity contribution in [1.29, 1.82) is 0 Å². The second-order valence-corrected chi connectivity index (χ2v) is 18.9. The van der Waals surface area contributed by atoms with Crippen LogP contribution in [-0.2, 0) is 0 Å². The van der Waals surface area contributed by atoms with Crippen molar-refractivity contribution in [1.82, 2.24) is 39.9 Å². The van der Waals surface area contributed by atoms with Gasteiger partial charge < -0.3 is 0 Å². The summed E-state index contributed by atoms with van der Waals surface area (Å²) in [5, 5.41) is 17.3. The maximum Gasteiger partial charge on any atom is 0.159 e. The van der Waals surface area contributed by atoms with Crippen molar-refractivity contribution >= 4 is 101 Å². The Morgan fingerprint density at radius 1 is 0.409 bits per heavy atom. The largest absolute Gasteiger partial charge is 0.245 e. The third-order valence-corrected chi connectivity index (χ3v) is 15.1. The lowest BCUT2D eigenvalue weighted by molar-refractivity contribution is 1.18. The minimum atomic E-state index is 0.751. The Morgan fingerprint density at radius 3 is 1.53 bits per heavy atom. The van der Waals surface area contributed by atoms with E-state index in [1.807, 2.05) is 97.2 Å². The Labute approximate surface area is 407 Å². The van der Waals surface area contributed by atoms with E-state index in [0.29, 0.717) is 0 Å². The quantitative estimate of drug-likeness (QED) is 0.168. The summed E-state index contributed by atoms with van der Waals surface area (Å²) in [7, 11) is 0. The molecule has 0 aliphatic carbocycles. The highest BCUT2D eigenvalue weighted by Crippen LogP contribution is 2.37. The van der Waals surface area contributed by atoms with Gasteiger partial charge in [0.1, 0.15) is 19.0 Å². The normalized spacial score (nSPS) is 10.7. The molecule has 0 radical (unpaired) electrons. The number of hydrogen-bond acceptors (Lipinski definition) is 12. The molecule has 0 aliphatic rings. The van der Waals surface area contributed by atoms with Crippen molar-refractivity contribution in [3.8, 4) is 53.7 Å². The van der Waals surface area contributed by atoms with Crippen LogP contribution in [-0.4, -0.2) is 39.9 Å². The molecule has 8 nitrogen and oxygen atoms in total. The Balaban J connectivity index is 0.000000111. The van der Waals surface area contributed by atoms with Gasteiger partial charge in [-0.2, -0.15) is 0 Å². The van der Waals surface area contributed by atoms with E-state index in [4.69, 9.17) is 23.2 Å². The molecule has 12 rings (SSSR count). The van der Waals surface area contributed by atoms with Crippen LogP contribution >= 0.6 is 68.5 Å². The number of rotatable bonds is 5. The molecule has 4 aromatic carbocycles. The molecule has 8 heterocycles. The standard InChI is InChI=1S/C16H14N2S.2C12H7ClN2S.C12H8N2S/c1-11-10-19-15(12(11)2)14-8-9-17-16(18-14)13-6-4-3-5-7-13;13-9-1-2-10-8(5-9)6-16-12(10)11-3-4-14-7-15-11;13-9-2-1-8-6-16-12(10(8)5-9)11-3-4-14-7-15-11;1-2-4-10-9(3-1)7-15-12(10)11-5-6-13-8-14-11/h3-10H,1-2H3;2*1-7H;1-8H. The fourth-order valence-corrected chi connectivity index (χ4v) is 11.3. The highest BCUT2D eigenvalue weighted by atomic mass is 35.5. The van der Waals surface area contributed by atoms with Gasteiger partial charge in [0.2, 0.25) is 0 Å². The molecule has 12 aromatic rings. The van der Waals surface area contributed by atoms with Gasteiger partial charge in [-0.1, -0.05) is 89.9 Å². The number of benzene rings is 4. The topological polar surface area (TPSA) is 103 Å². The SMILES string of the molecule is Cc1csc(-c2ccnc(-c3ccccc3)n2)c1C.Clc1ccc2c(-c3ccncn3)scc2c1.Clc1ccc2csc(-c3ccncn3)c2c1.c1ccc2c(-c3ccncn3)scc2c1. The van der Waals surface area contributed by atoms with Gasteiger partial charge in [0.05, 0.1) is 42.3 Å². The molecular formula is C52H36Cl2N8S4. The van der Waals surface area contributed by atoms with E-state index >= 15 is 0 Å². The minimum Gasteiger partial charge on any atom is -0.245 e. The van der Waals surface area contributed by atoms with Gasteiger partial charge in [0.25, 0.3) is 0 Å². The third-order valence-electron chi connectivity index (χ3n) is 10.3. The lowest BCUT2D eigenvalue weighted by Crippen LogP contribution is -1.91. The molecule has 66 heavy (non-hydrogen) atoms. The van der Waals surface area contributed by atoms with E-state index in [1.54, 1.807) is 82.9 Å². The average molecular weight is 972 g/mol. The first-order valence-corrected chi connectivity index (χ1v) is 24.7. The monoisotopic (exact) mass is 970 g/mol. The predicted molar refractivity (Wildman–Crippen MR) is 279 cm³/mol. The minimum absolute atomic E-state index is 0.751. The number of nitrogens with zero attached hydrogens (tertiary/aromatic N) is 8. The summed E-state index contributed by atoms with van der Waals surface area (Å²) in [6, 6.07) is 38.0. The van der Waals surface area contributed by atoms with Crippen LogP contribution in [0.1, 0.15) is 11.1 Å². The molecule has 322 valence electrons. The zero-order chi connectivity index (χ0) is 45.2. The van der Waals surface area contributed by atoms with Gasteiger partial charge in [-0.15, -0.1) is 45.3 Å². The number of thiophene rings is 4. The van der Waals surface area contributed by atoms with Crippen LogP contribution in [0.2, 0.25) is 10.0 Å². The number of aromatic nitrogens is 8. The van der Waals surface area contributed by atoms with Gasteiger partial charge in [-0.3, -0.25) is 0 Å². The van der Waals surface area contributed by atoms with Crippen molar-refractivity contribution < 1.29 is 0 Å². The molecule has 14 heteroatoms. The summed E-state index contributed by atoms with van der Waals surface area (Å²) in [4.78, 5) is 38.4. The lowest BCUT2D eigenvalue weighted by Gasteiger charge is -2.03. The van der Waals surface area contributed by atoms with E-state index in [1.165, 1.54) is 42.4 Å². The van der Waals surface area contributed by atoms with Gasteiger partial charge in [0.15, 0.2) is 5.82 Å². The predicted octanol–water partition coefficient (Wildman–Crippen LogP) is 15.9. The molecule has 0 amide bonds. The molecule has 0 aliphatic heterocycles. The maximum absolute atomic E-state index is 6.01. The molecule has 0 bridgehead atoms. The van der Waals surface area contributed by atoms with Crippen LogP contribution in [0.5, 0.6) is 0 Å². The van der Waals surface area contributed by atoms with Crippen molar-refractivity contribution in [3.63, 3.8) is 0 Å². The fraction of sp³-hybridized carbons (Fsp3) is 0.0385. The molecule has 0 saturated heterocycles. The van der Waals surface area contributed by atoms with E-state index in [0.717, 1.165) is 64.7 Å². The van der Waals surface area contributed by atoms with Gasteiger partial charge >= 0.3 is 0 Å². The zero-order valence-electron chi connectivity index (χ0n) is 35.3. The fourth-order valence-electron chi connectivity index (χ4n) is 6.87. The van der Waals surface area contributed by atoms with Crippen LogP contribution in [0, 0.1) is 13.8 Å². The molecule has 0 fully saturated rings. The summed E-state index contributed by atoms with van der Waals surface area (Å²) in [6.45, 7) is 4.28. The van der Waals surface area contributed by atoms with E-state index < -0.39 is 0 Å². The van der Waals surface area contributed by atoms with Crippen LogP contribution < -0.4 is 0 Å². The Hall–Kier alpha value is -6.64. The Morgan fingerprint density at radius 2 is 0.924 bits per heavy atom. The van der Waals surface area contributed by atoms with Crippen molar-refractivity contribution in [2.24, 2.45) is 0 Å². The van der Waals surface area contributed by atoms with Gasteiger partial charge in [0, 0.05) is 56.6 Å². The van der Waals surface area contributed by atoms with E-state index in [-0.39, 0.29) is 0 Å². The molecule has 0 unspecified atom stereocenters. The molecule has 0 saturated carbocycles. The highest BCUT2D eigenvalue weighted by molar-refractivity contribution is 7.16. The summed E-state index contributed by atoms with van der Waals surface area (Å²) < 4.78 is 0. The summed E-state index contributed by atoms with van der Waals surface area (Å²) >= 11 is 18.8. The first kappa shape index (κ1) is 44.6. The second-order valence-electron chi connectivity index (χ2n) is 14.5. The number of hydrogen-bond donors (Lipinski definition) is 0. The molecular weight excluding hydrogens is 936 g/mol. The van der Waals surface area contributed by atoms with E-state index in [9.17, 15) is 0 Å². The second kappa shape index (κ2) is 21.1. The highest BCUT2D eigenvalue weighted by Gasteiger charge is 2.12. The van der Waals surface area contributed by atoms with Gasteiger partial charge in [-0.05, 0) is 111 Å². The zero-order valence-corrected chi connectivity index (χ0v) is 40.1. The molecule has 0 spiro atoms. The van der Waals surface area contributed by atoms with Crippen LogP contribution in [0.3, 0.4) is 0 Å². The number of aryl methyl sites for hydroxylation is 1. The number of fused-ring (bicyclic) bond motifs is 3. The van der Waals surface area contributed by atoms with Crippen molar-refractivity contribution in [3.05, 3.63) is 202 Å². The molecule has 8 aromatic heterocycles. The van der Waals surface area contributed by atoms with Crippen LogP contribution in [0.15, 0.2) is 181 Å². The lowest BCUT2D eigenvalue weighted by atomic mass is 10.1. The van der Waals surface area contributed by atoms with Gasteiger partial charge in [-0.25, -0.2) is 39.9 Å². The third kappa shape index (κ3) is 10.4. The van der Waals surface area contributed by atoms with E-state index in [2.05, 4.69) is 99.5 Å². The molecule has 0 atom stereocenters. The molecule has 0 N–H and O–H groups in total. The Bertz CT molecular complexity index is 3490. The summed E-state index contributed by atoms with van der Waals surface area (Å²) in [5.41, 5.74) is 7.58. The first-order valence-electron chi connectivity index (χ1n) is 20.4. The smallest absolute Gasteiger partial charge is 0.159 e. The summed E-state index contributed by atoms with van der Waals surface area (Å²) in [6.07, 6.45) is 11.8. The van der Waals surface area contributed by atoms with Crippen LogP contribution in [0.4, 0.5) is 0 Å². The number of halogens is 2. The Kier molecular flexibility index (Phi) is 14.3. The maximum atomic E-state index is 6.01.